The van der Waals surface area contributed by atoms with Crippen molar-refractivity contribution >= 4 is 39.5 Å². The van der Waals surface area contributed by atoms with Gasteiger partial charge in [-0.3, -0.25) is 4.55 Å². The van der Waals surface area contributed by atoms with Crippen molar-refractivity contribution < 1.29 is 26.2 Å². The molecule has 2 aromatic carbocycles. The van der Waals surface area contributed by atoms with Gasteiger partial charge in [0, 0.05) is 41.6 Å². The van der Waals surface area contributed by atoms with Crippen LogP contribution in [0.5, 0.6) is 0 Å². The molecular weight excluding hydrogens is 392 g/mol. The first-order valence-electron chi connectivity index (χ1n) is 8.43. The molecule has 0 radical (unpaired) electrons. The van der Waals surface area contributed by atoms with Crippen LogP contribution < -0.4 is 0 Å². The van der Waals surface area contributed by atoms with Crippen LogP contribution in [0.4, 0.5) is 0 Å². The molecule has 9 heteroatoms. The van der Waals surface area contributed by atoms with E-state index >= 15 is 0 Å². The number of hydrogen-bond acceptors (Lipinski definition) is 6. The fraction of sp³-hybridized carbons (Fsp3) is 0.412. The highest BCUT2D eigenvalue weighted by Gasteiger charge is 2.41. The Morgan fingerprint density at radius 2 is 1.54 bits per heavy atom. The van der Waals surface area contributed by atoms with Crippen LogP contribution in [-0.4, -0.2) is 41.6 Å². The fourth-order valence-corrected chi connectivity index (χ4v) is 7.52. The number of fused-ring (bicyclic) bond motifs is 1. The molecule has 2 aromatic rings. The zero-order chi connectivity index (χ0) is 19.2. The van der Waals surface area contributed by atoms with E-state index in [1.165, 1.54) is 0 Å². The van der Waals surface area contributed by atoms with Crippen molar-refractivity contribution in [3.8, 4) is 0 Å². The van der Waals surface area contributed by atoms with Crippen LogP contribution in [0.25, 0.3) is 10.8 Å². The zero-order valence-corrected chi connectivity index (χ0v) is 17.7. The van der Waals surface area contributed by atoms with Gasteiger partial charge in [0.05, 0.1) is 0 Å². The van der Waals surface area contributed by atoms with Crippen molar-refractivity contribution in [1.29, 1.82) is 0 Å². The zero-order valence-electron chi connectivity index (χ0n) is 15.1. The van der Waals surface area contributed by atoms with Gasteiger partial charge in [0.25, 0.3) is 0 Å². The van der Waals surface area contributed by atoms with Crippen molar-refractivity contribution in [3.63, 3.8) is 0 Å². The van der Waals surface area contributed by atoms with Crippen molar-refractivity contribution in [3.05, 3.63) is 42.0 Å². The first-order valence-corrected chi connectivity index (χ1v) is 13.1. The van der Waals surface area contributed by atoms with E-state index in [1.54, 1.807) is 0 Å². The normalized spacial score (nSPS) is 12.6. The Bertz CT molecular complexity index is 823. The molecular formula is C17H24O6S2Si. The lowest BCUT2D eigenvalue weighted by Crippen LogP contribution is -2.48. The molecule has 0 aliphatic rings. The Hall–Kier alpha value is -0.943. The summed E-state index contributed by atoms with van der Waals surface area (Å²) in [5, 5.41) is 1.64. The van der Waals surface area contributed by atoms with Gasteiger partial charge in [0.1, 0.15) is 0 Å². The summed E-state index contributed by atoms with van der Waals surface area (Å²) in [5.41, 5.74) is 0.716. The van der Waals surface area contributed by atoms with Crippen LogP contribution in [0.2, 0.25) is 0 Å². The monoisotopic (exact) mass is 416 g/mol. The Balaban J connectivity index is 2.57. The van der Waals surface area contributed by atoms with Gasteiger partial charge in [-0.1, -0.05) is 36.4 Å². The third-order valence-electron chi connectivity index (χ3n) is 3.65. The first kappa shape index (κ1) is 21.4. The van der Waals surface area contributed by atoms with E-state index in [2.05, 4.69) is 0 Å². The number of rotatable bonds is 10. The molecule has 0 aliphatic carbocycles. The Kier molecular flexibility index (Phi) is 7.65. The highest BCUT2D eigenvalue weighted by atomic mass is 33.1. The van der Waals surface area contributed by atoms with Crippen LogP contribution in [0.15, 0.2) is 41.3 Å². The molecule has 0 aromatic heterocycles. The largest absolute Gasteiger partial charge is 0.505 e. The topological polar surface area (TPSA) is 82.1 Å². The van der Waals surface area contributed by atoms with Gasteiger partial charge in [-0.05, 0) is 37.1 Å². The molecule has 0 aliphatic heterocycles. The molecule has 0 saturated heterocycles. The highest BCUT2D eigenvalue weighted by molar-refractivity contribution is 8.70. The van der Waals surface area contributed by atoms with E-state index in [0.717, 1.165) is 10.8 Å². The van der Waals surface area contributed by atoms with E-state index < -0.39 is 18.0 Å². The van der Waals surface area contributed by atoms with Crippen LogP contribution in [0.1, 0.15) is 26.3 Å². The predicted octanol–water partition coefficient (Wildman–Crippen LogP) is 3.86. The molecule has 0 spiro atoms. The fourth-order valence-electron chi connectivity index (χ4n) is 2.80. The van der Waals surface area contributed by atoms with E-state index in [4.69, 9.17) is 13.3 Å². The Morgan fingerprint density at radius 3 is 2.08 bits per heavy atom. The van der Waals surface area contributed by atoms with Gasteiger partial charge in [0.2, 0.25) is 0 Å². The average Bonchev–Trinajstić information content (AvgIpc) is 2.57. The SMILES string of the molecule is CCO[Si](Cc1ccc2ccccc2c1SS(=O)(=O)O)(OCC)OCC. The van der Waals surface area contributed by atoms with Crippen LogP contribution >= 0.6 is 10.8 Å². The van der Waals surface area contributed by atoms with Crippen LogP contribution in [0.3, 0.4) is 0 Å². The maximum atomic E-state index is 11.6. The number of benzene rings is 2. The molecule has 0 amide bonds. The average molecular weight is 417 g/mol. The van der Waals surface area contributed by atoms with Gasteiger partial charge >= 0.3 is 18.0 Å². The summed E-state index contributed by atoms with van der Waals surface area (Å²) in [6.45, 7) is 6.90. The molecule has 0 unspecified atom stereocenters. The van der Waals surface area contributed by atoms with Gasteiger partial charge in [-0.25, -0.2) is 0 Å². The Morgan fingerprint density at radius 1 is 0.962 bits per heavy atom. The second-order valence-electron chi connectivity index (χ2n) is 5.44. The molecule has 0 fully saturated rings. The predicted molar refractivity (Wildman–Crippen MR) is 106 cm³/mol. The summed E-state index contributed by atoms with van der Waals surface area (Å²) in [6.07, 6.45) is 0. The Labute approximate surface area is 159 Å². The first-order chi connectivity index (χ1) is 12.3. The standard InChI is InChI=1S/C17H24O6S2Si/c1-4-21-26(22-5-2,23-6-3)13-15-12-11-14-9-7-8-10-16(14)17(15)24-25(18,19)20/h7-12H,4-6,13H2,1-3H3,(H,18,19,20). The number of hydrogen-bond donors (Lipinski definition) is 1. The summed E-state index contributed by atoms with van der Waals surface area (Å²) in [5.74, 6) is 0. The summed E-state index contributed by atoms with van der Waals surface area (Å²) in [7, 11) is -6.86. The molecule has 0 heterocycles. The summed E-state index contributed by atoms with van der Waals surface area (Å²) < 4.78 is 50.2. The van der Waals surface area contributed by atoms with Gasteiger partial charge < -0.3 is 13.3 Å². The lowest BCUT2D eigenvalue weighted by atomic mass is 10.1. The lowest BCUT2D eigenvalue weighted by Gasteiger charge is -2.29. The van der Waals surface area contributed by atoms with Gasteiger partial charge in [-0.15, -0.1) is 0 Å². The molecule has 6 nitrogen and oxygen atoms in total. The minimum atomic E-state index is -4.27. The van der Waals surface area contributed by atoms with Gasteiger partial charge in [0.15, 0.2) is 0 Å². The van der Waals surface area contributed by atoms with Crippen molar-refractivity contribution in [2.75, 3.05) is 19.8 Å². The van der Waals surface area contributed by atoms with Crippen molar-refractivity contribution in [2.45, 2.75) is 31.7 Å². The molecule has 0 atom stereocenters. The minimum Gasteiger partial charge on any atom is -0.374 e. The van der Waals surface area contributed by atoms with Gasteiger partial charge in [-0.2, -0.15) is 8.42 Å². The third-order valence-corrected chi connectivity index (χ3v) is 8.64. The second kappa shape index (κ2) is 9.31. The van der Waals surface area contributed by atoms with E-state index in [1.807, 2.05) is 57.2 Å². The smallest absolute Gasteiger partial charge is 0.374 e. The molecule has 144 valence electrons. The highest BCUT2D eigenvalue weighted by Crippen LogP contribution is 2.36. The quantitative estimate of drug-likeness (QED) is 0.358. The molecule has 26 heavy (non-hydrogen) atoms. The van der Waals surface area contributed by atoms with E-state index in [-0.39, 0.29) is 0 Å². The van der Waals surface area contributed by atoms with E-state index in [0.29, 0.717) is 47.1 Å². The second-order valence-corrected chi connectivity index (χ2v) is 11.2. The summed E-state index contributed by atoms with van der Waals surface area (Å²) >= 11 is 0. The lowest BCUT2D eigenvalue weighted by molar-refractivity contribution is 0.0702. The molecule has 1 N–H and O–H groups in total. The van der Waals surface area contributed by atoms with Crippen molar-refractivity contribution in [2.24, 2.45) is 0 Å². The molecule has 0 bridgehead atoms. The molecule has 2 rings (SSSR count). The summed E-state index contributed by atoms with van der Waals surface area (Å²) in [4.78, 5) is 0.474. The minimum absolute atomic E-state index is 0.325. The summed E-state index contributed by atoms with van der Waals surface area (Å²) in [6, 6.07) is 11.5. The van der Waals surface area contributed by atoms with Crippen molar-refractivity contribution in [1.82, 2.24) is 0 Å². The maximum absolute atomic E-state index is 11.6. The van der Waals surface area contributed by atoms with E-state index in [9.17, 15) is 13.0 Å². The molecule has 0 saturated carbocycles. The maximum Gasteiger partial charge on any atom is 0.505 e. The van der Waals surface area contributed by atoms with Crippen LogP contribution in [0, 0.1) is 0 Å². The third kappa shape index (κ3) is 5.53. The van der Waals surface area contributed by atoms with Crippen LogP contribution in [-0.2, 0) is 28.5 Å².